The summed E-state index contributed by atoms with van der Waals surface area (Å²) >= 11 is 3.36. The molecule has 2 aromatic rings. The van der Waals surface area contributed by atoms with Gasteiger partial charge in [-0.05, 0) is 12.5 Å². The van der Waals surface area contributed by atoms with Crippen LogP contribution in [-0.2, 0) is 11.9 Å². The van der Waals surface area contributed by atoms with E-state index in [0.29, 0.717) is 11.9 Å². The molecule has 3 nitrogen and oxygen atoms in total. The van der Waals surface area contributed by atoms with Gasteiger partial charge in [0.2, 0.25) is 0 Å². The molecule has 0 radical (unpaired) electrons. The monoisotopic (exact) mass is 306 g/mol. The van der Waals surface area contributed by atoms with Gasteiger partial charge in [-0.1, -0.05) is 53.2 Å². The Bertz CT molecular complexity index is 578. The Kier molecular flexibility index (Phi) is 4.31. The highest BCUT2D eigenvalue weighted by atomic mass is 79.9. The number of hydrogen-bond donors (Lipinski definition) is 0. The van der Waals surface area contributed by atoms with Crippen molar-refractivity contribution in [2.45, 2.75) is 25.2 Å². The van der Waals surface area contributed by atoms with Gasteiger partial charge < -0.3 is 0 Å². The Balaban J connectivity index is 2.55. The number of aromatic nitrogens is 2. The second-order valence-corrected chi connectivity index (χ2v) is 4.64. The van der Waals surface area contributed by atoms with Gasteiger partial charge in [0.25, 0.3) is 5.56 Å². The van der Waals surface area contributed by atoms with E-state index in [1.807, 2.05) is 43.3 Å². The molecule has 0 unspecified atom stereocenters. The minimum Gasteiger partial charge on any atom is -0.267 e. The van der Waals surface area contributed by atoms with Gasteiger partial charge in [0.1, 0.15) is 0 Å². The lowest BCUT2D eigenvalue weighted by Crippen LogP contribution is -2.26. The van der Waals surface area contributed by atoms with Crippen LogP contribution in [0.4, 0.5) is 0 Å². The SMILES string of the molecule is CCCn1nc(-c2ccccc2)cc(CBr)c1=O. The third-order valence-corrected chi connectivity index (χ3v) is 3.30. The Morgan fingerprint density at radius 3 is 2.61 bits per heavy atom. The number of benzene rings is 1. The summed E-state index contributed by atoms with van der Waals surface area (Å²) in [5.74, 6) is 0. The van der Waals surface area contributed by atoms with Crippen LogP contribution in [0.1, 0.15) is 18.9 Å². The van der Waals surface area contributed by atoms with Crippen molar-refractivity contribution >= 4 is 15.9 Å². The lowest BCUT2D eigenvalue weighted by atomic mass is 10.1. The van der Waals surface area contributed by atoms with E-state index in [4.69, 9.17) is 0 Å². The first-order valence-electron chi connectivity index (χ1n) is 5.98. The van der Waals surface area contributed by atoms with Crippen molar-refractivity contribution in [2.75, 3.05) is 0 Å². The van der Waals surface area contributed by atoms with E-state index in [2.05, 4.69) is 21.0 Å². The number of rotatable bonds is 4. The van der Waals surface area contributed by atoms with Crippen LogP contribution in [0.2, 0.25) is 0 Å². The van der Waals surface area contributed by atoms with E-state index < -0.39 is 0 Å². The Morgan fingerprint density at radius 1 is 1.28 bits per heavy atom. The van der Waals surface area contributed by atoms with Crippen LogP contribution in [0, 0.1) is 0 Å². The summed E-state index contributed by atoms with van der Waals surface area (Å²) in [6.07, 6.45) is 0.896. The van der Waals surface area contributed by atoms with Crippen molar-refractivity contribution in [3.8, 4) is 11.3 Å². The van der Waals surface area contributed by atoms with Crippen LogP contribution >= 0.6 is 15.9 Å². The summed E-state index contributed by atoms with van der Waals surface area (Å²) < 4.78 is 1.55. The molecule has 1 aromatic carbocycles. The standard InChI is InChI=1S/C14H15BrN2O/c1-2-8-17-14(18)12(10-15)9-13(16-17)11-6-4-3-5-7-11/h3-7,9H,2,8,10H2,1H3. The molecular weight excluding hydrogens is 292 g/mol. The fraction of sp³-hybridized carbons (Fsp3) is 0.286. The predicted molar refractivity (Wildman–Crippen MR) is 76.9 cm³/mol. The number of alkyl halides is 1. The summed E-state index contributed by atoms with van der Waals surface area (Å²) in [6.45, 7) is 2.69. The van der Waals surface area contributed by atoms with Crippen LogP contribution in [0.25, 0.3) is 11.3 Å². The van der Waals surface area contributed by atoms with Crippen molar-refractivity contribution in [3.05, 3.63) is 52.3 Å². The molecule has 0 aliphatic heterocycles. The van der Waals surface area contributed by atoms with Crippen LogP contribution < -0.4 is 5.56 Å². The zero-order valence-corrected chi connectivity index (χ0v) is 11.9. The molecule has 0 N–H and O–H groups in total. The van der Waals surface area contributed by atoms with E-state index in [1.54, 1.807) is 4.68 Å². The highest BCUT2D eigenvalue weighted by Gasteiger charge is 2.08. The third-order valence-electron chi connectivity index (χ3n) is 2.70. The van der Waals surface area contributed by atoms with Crippen molar-refractivity contribution in [1.29, 1.82) is 0 Å². The van der Waals surface area contributed by atoms with Gasteiger partial charge in [0.15, 0.2) is 0 Å². The molecule has 0 fully saturated rings. The molecule has 0 spiro atoms. The van der Waals surface area contributed by atoms with Crippen molar-refractivity contribution in [1.82, 2.24) is 9.78 Å². The highest BCUT2D eigenvalue weighted by molar-refractivity contribution is 9.08. The molecule has 94 valence electrons. The lowest BCUT2D eigenvalue weighted by Gasteiger charge is -2.08. The molecule has 0 aliphatic rings. The van der Waals surface area contributed by atoms with E-state index in [-0.39, 0.29) is 5.56 Å². The number of hydrogen-bond acceptors (Lipinski definition) is 2. The number of halogens is 1. The second kappa shape index (κ2) is 5.96. The van der Waals surface area contributed by atoms with Crippen LogP contribution in [-0.4, -0.2) is 9.78 Å². The molecule has 0 saturated carbocycles. The number of aryl methyl sites for hydroxylation is 1. The predicted octanol–water partition coefficient (Wildman–Crippen LogP) is 3.22. The topological polar surface area (TPSA) is 34.9 Å². The van der Waals surface area contributed by atoms with Crippen molar-refractivity contribution < 1.29 is 0 Å². The van der Waals surface area contributed by atoms with E-state index in [1.165, 1.54) is 0 Å². The zero-order valence-electron chi connectivity index (χ0n) is 10.3. The molecule has 0 bridgehead atoms. The smallest absolute Gasteiger partial charge is 0.267 e. The largest absolute Gasteiger partial charge is 0.270 e. The molecule has 2 rings (SSSR count). The van der Waals surface area contributed by atoms with Gasteiger partial charge in [0.05, 0.1) is 5.69 Å². The summed E-state index contributed by atoms with van der Waals surface area (Å²) in [5, 5.41) is 4.98. The maximum Gasteiger partial charge on any atom is 0.270 e. The molecule has 0 aliphatic carbocycles. The Labute approximate surface area is 115 Å². The summed E-state index contributed by atoms with van der Waals surface area (Å²) in [7, 11) is 0. The molecule has 0 amide bonds. The lowest BCUT2D eigenvalue weighted by molar-refractivity contribution is 0.567. The van der Waals surface area contributed by atoms with Gasteiger partial charge in [-0.2, -0.15) is 5.10 Å². The first kappa shape index (κ1) is 13.0. The minimum atomic E-state index is -0.00611. The highest BCUT2D eigenvalue weighted by Crippen LogP contribution is 2.16. The molecular formula is C14H15BrN2O. The third kappa shape index (κ3) is 2.70. The maximum absolute atomic E-state index is 12.0. The molecule has 1 heterocycles. The molecule has 4 heteroatoms. The summed E-state index contributed by atoms with van der Waals surface area (Å²) in [6, 6.07) is 11.8. The van der Waals surface area contributed by atoms with E-state index in [0.717, 1.165) is 23.2 Å². The van der Waals surface area contributed by atoms with Gasteiger partial charge in [-0.25, -0.2) is 4.68 Å². The fourth-order valence-electron chi connectivity index (χ4n) is 1.81. The normalized spacial score (nSPS) is 10.6. The average Bonchev–Trinajstić information content (AvgIpc) is 2.42. The first-order valence-corrected chi connectivity index (χ1v) is 7.10. The minimum absolute atomic E-state index is 0.00611. The average molecular weight is 307 g/mol. The maximum atomic E-state index is 12.0. The Morgan fingerprint density at radius 2 is 2.00 bits per heavy atom. The second-order valence-electron chi connectivity index (χ2n) is 4.08. The van der Waals surface area contributed by atoms with Gasteiger partial charge >= 0.3 is 0 Å². The van der Waals surface area contributed by atoms with Crippen molar-refractivity contribution in [2.24, 2.45) is 0 Å². The fourth-order valence-corrected chi connectivity index (χ4v) is 2.21. The van der Waals surface area contributed by atoms with E-state index >= 15 is 0 Å². The van der Waals surface area contributed by atoms with Gasteiger partial charge in [0, 0.05) is 23.0 Å². The quantitative estimate of drug-likeness (QED) is 0.813. The molecule has 1 aromatic heterocycles. The summed E-state index contributed by atoms with van der Waals surface area (Å²) in [4.78, 5) is 12.0. The molecule has 0 saturated heterocycles. The summed E-state index contributed by atoms with van der Waals surface area (Å²) in [5.41, 5.74) is 2.62. The van der Waals surface area contributed by atoms with Crippen LogP contribution in [0.15, 0.2) is 41.2 Å². The van der Waals surface area contributed by atoms with Crippen LogP contribution in [0.5, 0.6) is 0 Å². The van der Waals surface area contributed by atoms with Gasteiger partial charge in [-0.3, -0.25) is 4.79 Å². The van der Waals surface area contributed by atoms with Crippen LogP contribution in [0.3, 0.4) is 0 Å². The van der Waals surface area contributed by atoms with E-state index in [9.17, 15) is 4.79 Å². The van der Waals surface area contributed by atoms with Crippen molar-refractivity contribution in [3.63, 3.8) is 0 Å². The zero-order chi connectivity index (χ0) is 13.0. The first-order chi connectivity index (χ1) is 8.76. The number of nitrogens with zero attached hydrogens (tertiary/aromatic N) is 2. The Hall–Kier alpha value is -1.42. The molecule has 0 atom stereocenters. The van der Waals surface area contributed by atoms with Gasteiger partial charge in [-0.15, -0.1) is 0 Å². The molecule has 18 heavy (non-hydrogen) atoms.